The van der Waals surface area contributed by atoms with Crippen LogP contribution in [0.3, 0.4) is 0 Å². The number of aryl methyl sites for hydroxylation is 2. The SMILES string of the molecule is CC(=O)c1c[nH]c(=O)n(-c2nc(C)c(C)s2)c1=O. The quantitative estimate of drug-likeness (QED) is 0.814. The molecule has 1 N–H and O–H groups in total. The standard InChI is InChI=1S/C11H11N3O3S/c1-5-7(3)18-11(13-5)14-9(16)8(6(2)15)4-12-10(14)17/h4H,1-3H3,(H,12,17). The van der Waals surface area contributed by atoms with Crippen molar-refractivity contribution in [1.29, 1.82) is 0 Å². The fourth-order valence-corrected chi connectivity index (χ4v) is 2.36. The zero-order chi connectivity index (χ0) is 13.4. The molecular weight excluding hydrogens is 254 g/mol. The zero-order valence-corrected chi connectivity index (χ0v) is 10.9. The Morgan fingerprint density at radius 2 is 2.06 bits per heavy atom. The van der Waals surface area contributed by atoms with E-state index in [0.717, 1.165) is 21.3 Å². The number of aromatic nitrogens is 3. The smallest absolute Gasteiger partial charge is 0.313 e. The van der Waals surface area contributed by atoms with Crippen LogP contribution in [0.4, 0.5) is 0 Å². The minimum atomic E-state index is -0.639. The highest BCUT2D eigenvalue weighted by Crippen LogP contribution is 2.17. The minimum absolute atomic E-state index is 0.0555. The van der Waals surface area contributed by atoms with E-state index in [1.165, 1.54) is 18.3 Å². The molecule has 0 radical (unpaired) electrons. The number of nitrogens with zero attached hydrogens (tertiary/aromatic N) is 2. The highest BCUT2D eigenvalue weighted by molar-refractivity contribution is 7.14. The van der Waals surface area contributed by atoms with Gasteiger partial charge in [0.05, 0.1) is 11.3 Å². The van der Waals surface area contributed by atoms with Gasteiger partial charge in [-0.2, -0.15) is 0 Å². The van der Waals surface area contributed by atoms with E-state index in [1.807, 2.05) is 6.92 Å². The molecule has 0 aliphatic heterocycles. The summed E-state index contributed by atoms with van der Waals surface area (Å²) in [6.45, 7) is 4.92. The molecular formula is C11H11N3O3S. The van der Waals surface area contributed by atoms with E-state index < -0.39 is 17.0 Å². The van der Waals surface area contributed by atoms with Gasteiger partial charge in [-0.15, -0.1) is 11.3 Å². The molecule has 0 fully saturated rings. The summed E-state index contributed by atoms with van der Waals surface area (Å²) < 4.78 is 0.890. The van der Waals surface area contributed by atoms with Gasteiger partial charge in [0.15, 0.2) is 5.78 Å². The third-order valence-corrected chi connectivity index (χ3v) is 3.62. The molecule has 0 bridgehead atoms. The largest absolute Gasteiger partial charge is 0.334 e. The van der Waals surface area contributed by atoms with Crippen LogP contribution in [0.25, 0.3) is 5.13 Å². The second-order valence-electron chi connectivity index (χ2n) is 3.84. The molecule has 0 saturated heterocycles. The van der Waals surface area contributed by atoms with Gasteiger partial charge in [-0.05, 0) is 20.8 Å². The van der Waals surface area contributed by atoms with Gasteiger partial charge in [0, 0.05) is 11.1 Å². The maximum atomic E-state index is 12.0. The maximum absolute atomic E-state index is 12.0. The lowest BCUT2D eigenvalue weighted by atomic mass is 10.2. The molecule has 0 spiro atoms. The summed E-state index contributed by atoms with van der Waals surface area (Å²) >= 11 is 1.24. The van der Waals surface area contributed by atoms with E-state index >= 15 is 0 Å². The molecule has 0 aliphatic rings. The first kappa shape index (κ1) is 12.4. The lowest BCUT2D eigenvalue weighted by Crippen LogP contribution is -2.36. The molecule has 0 saturated carbocycles. The van der Waals surface area contributed by atoms with Crippen molar-refractivity contribution in [2.45, 2.75) is 20.8 Å². The third-order valence-electron chi connectivity index (χ3n) is 2.56. The van der Waals surface area contributed by atoms with Crippen LogP contribution >= 0.6 is 11.3 Å². The second-order valence-corrected chi connectivity index (χ2v) is 5.02. The van der Waals surface area contributed by atoms with E-state index in [-0.39, 0.29) is 10.7 Å². The van der Waals surface area contributed by atoms with Gasteiger partial charge in [-0.3, -0.25) is 9.59 Å². The van der Waals surface area contributed by atoms with Crippen molar-refractivity contribution in [2.75, 3.05) is 0 Å². The Kier molecular flexibility index (Phi) is 3.00. The second kappa shape index (κ2) is 4.34. The highest BCUT2D eigenvalue weighted by Gasteiger charge is 2.15. The van der Waals surface area contributed by atoms with Crippen molar-refractivity contribution in [1.82, 2.24) is 14.5 Å². The van der Waals surface area contributed by atoms with Crippen LogP contribution in [0.5, 0.6) is 0 Å². The van der Waals surface area contributed by atoms with Gasteiger partial charge in [-0.1, -0.05) is 0 Å². The third kappa shape index (κ3) is 1.92. The van der Waals surface area contributed by atoms with E-state index in [0.29, 0.717) is 0 Å². The normalized spacial score (nSPS) is 10.6. The van der Waals surface area contributed by atoms with Gasteiger partial charge < -0.3 is 4.98 Å². The van der Waals surface area contributed by atoms with Crippen LogP contribution < -0.4 is 11.2 Å². The Labute approximate surface area is 106 Å². The van der Waals surface area contributed by atoms with Crippen LogP contribution in [0, 0.1) is 13.8 Å². The summed E-state index contributed by atoms with van der Waals surface area (Å²) in [6, 6.07) is 0. The molecule has 2 heterocycles. The number of carbonyl (C=O) groups excluding carboxylic acids is 1. The molecule has 18 heavy (non-hydrogen) atoms. The number of hydrogen-bond donors (Lipinski definition) is 1. The number of rotatable bonds is 2. The van der Waals surface area contributed by atoms with Gasteiger partial charge in [0.2, 0.25) is 5.13 Å². The first-order chi connectivity index (χ1) is 8.41. The summed E-state index contributed by atoms with van der Waals surface area (Å²) in [4.78, 5) is 42.5. The predicted molar refractivity (Wildman–Crippen MR) is 67.8 cm³/mol. The van der Waals surface area contributed by atoms with E-state index in [1.54, 1.807) is 6.92 Å². The predicted octanol–water partition coefficient (Wildman–Crippen LogP) is 0.802. The van der Waals surface area contributed by atoms with Crippen molar-refractivity contribution < 1.29 is 4.79 Å². The zero-order valence-electron chi connectivity index (χ0n) is 10.1. The Hall–Kier alpha value is -2.02. The van der Waals surface area contributed by atoms with Gasteiger partial charge in [0.25, 0.3) is 5.56 Å². The molecule has 2 aromatic heterocycles. The lowest BCUT2D eigenvalue weighted by molar-refractivity contribution is 0.101. The highest BCUT2D eigenvalue weighted by atomic mass is 32.1. The van der Waals surface area contributed by atoms with Crippen LogP contribution in [-0.2, 0) is 0 Å². The number of H-pyrrole nitrogens is 1. The molecule has 6 nitrogen and oxygen atoms in total. The molecule has 2 rings (SSSR count). The van der Waals surface area contributed by atoms with Crippen LogP contribution in [-0.4, -0.2) is 20.3 Å². The maximum Gasteiger partial charge on any atom is 0.334 e. The number of nitrogens with one attached hydrogen (secondary N) is 1. The summed E-state index contributed by atoms with van der Waals surface area (Å²) in [5.41, 5.74) is -0.534. The summed E-state index contributed by atoms with van der Waals surface area (Å²) in [5, 5.41) is 0.277. The average molecular weight is 265 g/mol. The molecule has 0 amide bonds. The Bertz CT molecular complexity index is 719. The number of Topliss-reactive ketones (excluding diaryl/α,β-unsaturated/α-hetero) is 1. The van der Waals surface area contributed by atoms with Crippen molar-refractivity contribution in [3.8, 4) is 5.13 Å². The van der Waals surface area contributed by atoms with E-state index in [9.17, 15) is 14.4 Å². The van der Waals surface area contributed by atoms with Gasteiger partial charge in [-0.25, -0.2) is 14.3 Å². The fourth-order valence-electron chi connectivity index (χ4n) is 1.45. The number of thiazole rings is 1. The molecule has 2 aromatic rings. The average Bonchev–Trinajstić information content (AvgIpc) is 2.58. The molecule has 0 unspecified atom stereocenters. The lowest BCUT2D eigenvalue weighted by Gasteiger charge is -2.01. The van der Waals surface area contributed by atoms with Crippen LogP contribution in [0.1, 0.15) is 27.9 Å². The van der Waals surface area contributed by atoms with Gasteiger partial charge in [0.1, 0.15) is 0 Å². The monoisotopic (exact) mass is 265 g/mol. The van der Waals surface area contributed by atoms with Crippen molar-refractivity contribution >= 4 is 17.1 Å². The topological polar surface area (TPSA) is 84.8 Å². The molecule has 0 aliphatic carbocycles. The first-order valence-electron chi connectivity index (χ1n) is 5.22. The molecule has 94 valence electrons. The Morgan fingerprint density at radius 1 is 1.39 bits per heavy atom. The fraction of sp³-hybridized carbons (Fsp3) is 0.273. The minimum Gasteiger partial charge on any atom is -0.313 e. The van der Waals surface area contributed by atoms with Crippen molar-refractivity contribution in [3.63, 3.8) is 0 Å². The molecule has 7 heteroatoms. The summed E-state index contributed by atoms with van der Waals surface area (Å²) in [5.74, 6) is -0.394. The number of carbonyl (C=O) groups is 1. The number of aromatic amines is 1. The Balaban J connectivity index is 2.79. The molecule has 0 aromatic carbocycles. The van der Waals surface area contributed by atoms with E-state index in [4.69, 9.17) is 0 Å². The number of hydrogen-bond acceptors (Lipinski definition) is 5. The van der Waals surface area contributed by atoms with Crippen molar-refractivity contribution in [2.24, 2.45) is 0 Å². The van der Waals surface area contributed by atoms with Gasteiger partial charge >= 0.3 is 5.69 Å². The first-order valence-corrected chi connectivity index (χ1v) is 6.03. The van der Waals surface area contributed by atoms with Crippen LogP contribution in [0.2, 0.25) is 0 Å². The Morgan fingerprint density at radius 3 is 2.56 bits per heavy atom. The summed E-state index contributed by atoms with van der Waals surface area (Å²) in [6.07, 6.45) is 1.14. The number of ketones is 1. The molecule has 0 atom stereocenters. The van der Waals surface area contributed by atoms with Crippen LogP contribution in [0.15, 0.2) is 15.8 Å². The summed E-state index contributed by atoms with van der Waals surface area (Å²) in [7, 11) is 0. The van der Waals surface area contributed by atoms with Crippen molar-refractivity contribution in [3.05, 3.63) is 43.2 Å². The van der Waals surface area contributed by atoms with E-state index in [2.05, 4.69) is 9.97 Å².